The molecule has 11 heteroatoms. The van der Waals surface area contributed by atoms with Gasteiger partial charge in [0.05, 0.1) is 13.2 Å². The first-order chi connectivity index (χ1) is 6.71. The predicted molar refractivity (Wildman–Crippen MR) is 54.5 cm³/mol. The molecule has 0 aromatic heterocycles. The average Bonchev–Trinajstić information content (AvgIpc) is 2.01. The van der Waals surface area contributed by atoms with E-state index >= 15 is 0 Å². The summed E-state index contributed by atoms with van der Waals surface area (Å²) in [7, 11) is -8.23. The zero-order valence-corrected chi connectivity index (χ0v) is 13.8. The van der Waals surface area contributed by atoms with E-state index in [1.807, 2.05) is 0 Å². The van der Waals surface area contributed by atoms with E-state index in [1.165, 1.54) is 0 Å². The first-order valence-electron chi connectivity index (χ1n) is 4.12. The molecule has 0 bridgehead atoms. The molecule has 2 unspecified atom stereocenters. The van der Waals surface area contributed by atoms with Gasteiger partial charge in [0.15, 0.2) is 0 Å². The first kappa shape index (κ1) is 19.2. The summed E-state index contributed by atoms with van der Waals surface area (Å²) in [5, 5.41) is 3.16. The molecular formula is C5H16N2O6P2Zn. The summed E-state index contributed by atoms with van der Waals surface area (Å²) >= 11 is 0. The fourth-order valence-corrected chi connectivity index (χ4v) is 2.47. The van der Waals surface area contributed by atoms with Gasteiger partial charge in [-0.05, 0) is 0 Å². The minimum absolute atomic E-state index is 0. The fraction of sp³-hybridized carbons (Fsp3) is 1.00. The summed E-state index contributed by atoms with van der Waals surface area (Å²) in [4.78, 5) is 16.4. The minimum atomic E-state index is -4.30. The van der Waals surface area contributed by atoms with Gasteiger partial charge in [-0.2, -0.15) is 0 Å². The van der Waals surface area contributed by atoms with Gasteiger partial charge in [-0.15, -0.1) is 0 Å². The molecular weight excluding hydrogens is 311 g/mol. The molecule has 0 aromatic carbocycles. The van der Waals surface area contributed by atoms with Crippen LogP contribution in [0, 0.1) is 0 Å². The van der Waals surface area contributed by atoms with Crippen LogP contribution < -0.4 is 10.8 Å². The number of hydrogen-bond acceptors (Lipinski definition) is 5. The van der Waals surface area contributed by atoms with Gasteiger partial charge in [0.1, 0.15) is 0 Å². The topological polar surface area (TPSA) is 131 Å². The van der Waals surface area contributed by atoms with E-state index < -0.39 is 15.3 Å². The smallest absolute Gasteiger partial charge is 0.379 e. The van der Waals surface area contributed by atoms with E-state index in [9.17, 15) is 9.13 Å². The van der Waals surface area contributed by atoms with Crippen LogP contribution in [0.15, 0.2) is 0 Å². The van der Waals surface area contributed by atoms with Crippen LogP contribution in [0.4, 0.5) is 0 Å². The molecule has 0 saturated carbocycles. The molecule has 1 saturated heterocycles. The zero-order valence-electron chi connectivity index (χ0n) is 9.03. The van der Waals surface area contributed by atoms with E-state index in [0.29, 0.717) is 0 Å². The minimum Gasteiger partial charge on any atom is -0.379 e. The molecule has 1 rings (SSSR count). The van der Waals surface area contributed by atoms with Crippen molar-refractivity contribution in [2.24, 2.45) is 5.50 Å². The van der Waals surface area contributed by atoms with Crippen LogP contribution in [-0.2, 0) is 37.7 Å². The number of ether oxygens (including phenoxy) is 1. The Morgan fingerprint density at radius 1 is 1.31 bits per heavy atom. The van der Waals surface area contributed by atoms with Crippen molar-refractivity contribution in [3.05, 3.63) is 0 Å². The average molecular weight is 328 g/mol. The summed E-state index contributed by atoms with van der Waals surface area (Å²) in [5.74, 6) is 0. The third-order valence-corrected chi connectivity index (χ3v) is 3.26. The second-order valence-electron chi connectivity index (χ2n) is 2.81. The van der Waals surface area contributed by atoms with Crippen molar-refractivity contribution in [1.82, 2.24) is 5.32 Å². The molecule has 0 radical (unpaired) electrons. The predicted octanol–water partition coefficient (Wildman–Crippen LogP) is -0.519. The van der Waals surface area contributed by atoms with Crippen LogP contribution in [0.5, 0.6) is 0 Å². The summed E-state index contributed by atoms with van der Waals surface area (Å²) in [6.45, 7) is 4.60. The van der Waals surface area contributed by atoms with Gasteiger partial charge in [-0.3, -0.25) is 4.57 Å². The first-order valence-corrected chi connectivity index (χ1v) is 7.79. The second kappa shape index (κ2) is 8.87. The van der Waals surface area contributed by atoms with Crippen molar-refractivity contribution in [2.75, 3.05) is 33.0 Å². The molecule has 0 amide bonds. The quantitative estimate of drug-likeness (QED) is 0.393. The van der Waals surface area contributed by atoms with Gasteiger partial charge in [0.25, 0.3) is 0 Å². The maximum Gasteiger partial charge on any atom is 0.407 e. The third-order valence-electron chi connectivity index (χ3n) is 1.11. The van der Waals surface area contributed by atoms with Crippen molar-refractivity contribution in [1.29, 1.82) is 0 Å². The number of morpholine rings is 1. The van der Waals surface area contributed by atoms with Gasteiger partial charge in [0.2, 0.25) is 0 Å². The molecule has 8 nitrogen and oxygen atoms in total. The van der Waals surface area contributed by atoms with Crippen molar-refractivity contribution in [3.8, 4) is 0 Å². The normalized spacial score (nSPS) is 22.8. The molecule has 1 fully saturated rings. The Hall–Kier alpha value is 0.843. The Kier molecular flexibility index (Phi) is 10.6. The third kappa shape index (κ3) is 17.2. The van der Waals surface area contributed by atoms with Crippen LogP contribution in [0.1, 0.15) is 0 Å². The SMILES string of the molecule is C1COCCN1.CP(=O)(O)OP(N)(=O)O.[Zn]. The van der Waals surface area contributed by atoms with Crippen LogP contribution in [0.25, 0.3) is 0 Å². The molecule has 0 aromatic rings. The monoisotopic (exact) mass is 326 g/mol. The van der Waals surface area contributed by atoms with E-state index in [1.54, 1.807) is 0 Å². The second-order valence-corrected chi connectivity index (χ2v) is 6.20. The molecule has 0 aliphatic carbocycles. The summed E-state index contributed by atoms with van der Waals surface area (Å²) in [5.41, 5.74) is 4.38. The molecule has 94 valence electrons. The Morgan fingerprint density at radius 2 is 1.75 bits per heavy atom. The van der Waals surface area contributed by atoms with Gasteiger partial charge in [-0.25, -0.2) is 14.4 Å². The Bertz CT molecular complexity index is 230. The molecule has 16 heavy (non-hydrogen) atoms. The largest absolute Gasteiger partial charge is 0.407 e. The van der Waals surface area contributed by atoms with Gasteiger partial charge in [0, 0.05) is 39.2 Å². The van der Waals surface area contributed by atoms with Crippen molar-refractivity contribution < 1.29 is 47.4 Å². The van der Waals surface area contributed by atoms with E-state index in [-0.39, 0.29) is 19.5 Å². The molecule has 0 spiro atoms. The number of hydrogen-bond donors (Lipinski definition) is 4. The molecule has 2 atom stereocenters. The fourth-order valence-electron chi connectivity index (χ4n) is 0.733. The molecule has 1 heterocycles. The maximum atomic E-state index is 10.2. The van der Waals surface area contributed by atoms with Gasteiger partial charge >= 0.3 is 15.3 Å². The van der Waals surface area contributed by atoms with Crippen LogP contribution in [0.3, 0.4) is 0 Å². The number of rotatable bonds is 2. The van der Waals surface area contributed by atoms with Crippen molar-refractivity contribution in [3.63, 3.8) is 0 Å². The van der Waals surface area contributed by atoms with Gasteiger partial charge in [-0.1, -0.05) is 0 Å². The van der Waals surface area contributed by atoms with Crippen LogP contribution in [0.2, 0.25) is 0 Å². The Balaban J connectivity index is 0. The summed E-state index contributed by atoms with van der Waals surface area (Å²) < 4.78 is 28.8. The Labute approximate surface area is 107 Å². The Morgan fingerprint density at radius 3 is 1.81 bits per heavy atom. The number of nitrogens with one attached hydrogen (secondary N) is 1. The number of nitrogens with two attached hydrogens (primary N) is 1. The summed E-state index contributed by atoms with van der Waals surface area (Å²) in [6, 6.07) is 0. The van der Waals surface area contributed by atoms with Crippen molar-refractivity contribution in [2.45, 2.75) is 0 Å². The summed E-state index contributed by atoms with van der Waals surface area (Å²) in [6.07, 6.45) is 0. The van der Waals surface area contributed by atoms with E-state index in [4.69, 9.17) is 14.5 Å². The van der Waals surface area contributed by atoms with Gasteiger partial charge < -0.3 is 19.8 Å². The van der Waals surface area contributed by atoms with E-state index in [0.717, 1.165) is 33.0 Å². The molecule has 5 N–H and O–H groups in total. The molecule has 1 aliphatic heterocycles. The van der Waals surface area contributed by atoms with Crippen molar-refractivity contribution >= 4 is 15.3 Å². The zero-order chi connectivity index (χ0) is 11.9. The maximum absolute atomic E-state index is 10.2. The van der Waals surface area contributed by atoms with E-state index in [2.05, 4.69) is 15.1 Å². The standard InChI is InChI=1S/C4H9NO.CH7NO5P2.Zn/c1-3-6-4-2-5-1;1-8(3,4)7-9(2,5)6;/h5H,1-4H2;1H3,(H,3,4)(H3,2,5,6);. The van der Waals surface area contributed by atoms with Crippen LogP contribution in [-0.4, -0.2) is 42.8 Å². The van der Waals surface area contributed by atoms with Crippen LogP contribution >= 0.6 is 15.3 Å². The molecule has 1 aliphatic rings.